The number of hydrogen-bond acceptors (Lipinski definition) is 4. The molecule has 44 valence electrons. The Morgan fingerprint density at radius 1 is 1.62 bits per heavy atom. The molecule has 0 atom stereocenters. The van der Waals surface area contributed by atoms with Gasteiger partial charge in [-0.25, -0.2) is 0 Å². The van der Waals surface area contributed by atoms with Crippen LogP contribution < -0.4 is 5.73 Å². The zero-order valence-corrected chi connectivity index (χ0v) is 5.54. The van der Waals surface area contributed by atoms with Crippen LogP contribution in [0.2, 0.25) is 0 Å². The van der Waals surface area contributed by atoms with Crippen LogP contribution >= 0.6 is 22.9 Å². The van der Waals surface area contributed by atoms with Crippen LogP contribution in [-0.2, 0) is 5.88 Å². The second kappa shape index (κ2) is 2.28. The molecule has 0 bridgehead atoms. The molecule has 3 nitrogen and oxygen atoms in total. The quantitative estimate of drug-likeness (QED) is 0.603. The molecule has 1 heterocycles. The van der Waals surface area contributed by atoms with Gasteiger partial charge in [0.05, 0.1) is 5.88 Å². The molecule has 0 aliphatic rings. The third-order valence-corrected chi connectivity index (χ3v) is 1.76. The number of hydrogen-bond donors (Lipinski definition) is 1. The van der Waals surface area contributed by atoms with Gasteiger partial charge in [-0.05, 0) is 0 Å². The maximum Gasteiger partial charge on any atom is 0.203 e. The molecule has 5 heteroatoms. The molecule has 1 aromatic heterocycles. The molecular weight excluding hydrogens is 146 g/mol. The van der Waals surface area contributed by atoms with Crippen LogP contribution in [0.5, 0.6) is 0 Å². The van der Waals surface area contributed by atoms with Gasteiger partial charge in [-0.2, -0.15) is 0 Å². The number of nitrogens with zero attached hydrogens (tertiary/aromatic N) is 2. The Morgan fingerprint density at radius 2 is 2.38 bits per heavy atom. The Labute approximate surface area is 55.5 Å². The van der Waals surface area contributed by atoms with Gasteiger partial charge < -0.3 is 5.73 Å². The number of nitrogens with two attached hydrogens (primary N) is 1. The lowest BCUT2D eigenvalue weighted by molar-refractivity contribution is 1.04. The summed E-state index contributed by atoms with van der Waals surface area (Å²) in [4.78, 5) is 0. The van der Waals surface area contributed by atoms with Crippen LogP contribution in [0.3, 0.4) is 0 Å². The molecule has 1 aromatic rings. The molecule has 0 fully saturated rings. The monoisotopic (exact) mass is 149 g/mol. The zero-order chi connectivity index (χ0) is 5.98. The van der Waals surface area contributed by atoms with Gasteiger partial charge in [0.25, 0.3) is 0 Å². The van der Waals surface area contributed by atoms with Gasteiger partial charge in [-0.3, -0.25) is 0 Å². The number of alkyl halides is 1. The van der Waals surface area contributed by atoms with Gasteiger partial charge in [0.2, 0.25) is 5.13 Å². The van der Waals surface area contributed by atoms with E-state index in [4.69, 9.17) is 17.3 Å². The Bertz CT molecular complexity index is 175. The molecule has 8 heavy (non-hydrogen) atoms. The number of aromatic nitrogens is 2. The summed E-state index contributed by atoms with van der Waals surface area (Å²) < 4.78 is 0. The predicted octanol–water partition coefficient (Wildman–Crippen LogP) is 0.859. The van der Waals surface area contributed by atoms with E-state index in [0.29, 0.717) is 11.0 Å². The highest BCUT2D eigenvalue weighted by Gasteiger charge is 1.95. The largest absolute Gasteiger partial charge is 0.374 e. The number of anilines is 1. The molecule has 1 rings (SSSR count). The average Bonchev–Trinajstić information content (AvgIpc) is 2.14. The molecule has 2 N–H and O–H groups in total. The van der Waals surface area contributed by atoms with E-state index in [1.165, 1.54) is 11.3 Å². The summed E-state index contributed by atoms with van der Waals surface area (Å²) in [6, 6.07) is 0. The maximum absolute atomic E-state index is 5.39. The highest BCUT2D eigenvalue weighted by Crippen LogP contribution is 2.11. The Kier molecular flexibility index (Phi) is 1.65. The summed E-state index contributed by atoms with van der Waals surface area (Å²) in [6.45, 7) is 0. The normalized spacial score (nSPS) is 9.62. The van der Waals surface area contributed by atoms with E-state index in [-0.39, 0.29) is 0 Å². The van der Waals surface area contributed by atoms with Crippen LogP contribution in [0, 0.1) is 0 Å². The molecule has 0 aromatic carbocycles. The fourth-order valence-corrected chi connectivity index (χ4v) is 0.997. The fraction of sp³-hybridized carbons (Fsp3) is 0.333. The van der Waals surface area contributed by atoms with Gasteiger partial charge >= 0.3 is 0 Å². The van der Waals surface area contributed by atoms with Crippen molar-refractivity contribution in [2.75, 3.05) is 5.73 Å². The Morgan fingerprint density at radius 3 is 2.62 bits per heavy atom. The van der Waals surface area contributed by atoms with Crippen LogP contribution in [-0.4, -0.2) is 10.2 Å². The Balaban J connectivity index is 2.84. The first-order valence-electron chi connectivity index (χ1n) is 1.96. The number of rotatable bonds is 1. The zero-order valence-electron chi connectivity index (χ0n) is 3.97. The lowest BCUT2D eigenvalue weighted by Crippen LogP contribution is -1.80. The van der Waals surface area contributed by atoms with Crippen molar-refractivity contribution in [1.82, 2.24) is 10.2 Å². The van der Waals surface area contributed by atoms with E-state index in [0.717, 1.165) is 5.01 Å². The standard InChI is InChI=1S/C3H4ClN3S/c4-1-2-6-7-3(5)8-2/h1H2,(H2,5,7). The first-order chi connectivity index (χ1) is 3.83. The molecule has 0 spiro atoms. The molecule has 0 amide bonds. The van der Waals surface area contributed by atoms with Crippen molar-refractivity contribution in [1.29, 1.82) is 0 Å². The van der Waals surface area contributed by atoms with Crippen molar-refractivity contribution < 1.29 is 0 Å². The third kappa shape index (κ3) is 1.08. The highest BCUT2D eigenvalue weighted by molar-refractivity contribution is 7.15. The fourth-order valence-electron chi connectivity index (χ4n) is 0.321. The van der Waals surface area contributed by atoms with Crippen molar-refractivity contribution in [2.45, 2.75) is 5.88 Å². The van der Waals surface area contributed by atoms with Gasteiger partial charge in [-0.1, -0.05) is 11.3 Å². The first kappa shape index (κ1) is 5.78. The van der Waals surface area contributed by atoms with E-state index < -0.39 is 0 Å². The number of halogens is 1. The summed E-state index contributed by atoms with van der Waals surface area (Å²) in [7, 11) is 0. The summed E-state index contributed by atoms with van der Waals surface area (Å²) in [5, 5.41) is 8.44. The van der Waals surface area contributed by atoms with Gasteiger partial charge in [0.15, 0.2) is 0 Å². The van der Waals surface area contributed by atoms with Crippen molar-refractivity contribution in [3.8, 4) is 0 Å². The molecule has 0 saturated heterocycles. The third-order valence-electron chi connectivity index (χ3n) is 0.597. The van der Waals surface area contributed by atoms with Gasteiger partial charge in [-0.15, -0.1) is 21.8 Å². The topological polar surface area (TPSA) is 51.8 Å². The minimum Gasteiger partial charge on any atom is -0.374 e. The van der Waals surface area contributed by atoms with Crippen LogP contribution in [0.25, 0.3) is 0 Å². The van der Waals surface area contributed by atoms with Gasteiger partial charge in [0, 0.05) is 0 Å². The summed E-state index contributed by atoms with van der Waals surface area (Å²) in [6.07, 6.45) is 0. The van der Waals surface area contributed by atoms with Crippen LogP contribution in [0.1, 0.15) is 5.01 Å². The van der Waals surface area contributed by atoms with Crippen LogP contribution in [0.4, 0.5) is 5.13 Å². The summed E-state index contributed by atoms with van der Waals surface area (Å²) in [5.74, 6) is 0.398. The van der Waals surface area contributed by atoms with E-state index >= 15 is 0 Å². The van der Waals surface area contributed by atoms with Gasteiger partial charge in [0.1, 0.15) is 5.01 Å². The highest BCUT2D eigenvalue weighted by atomic mass is 35.5. The SMILES string of the molecule is Nc1nnc(CCl)s1. The molecule has 0 unspecified atom stereocenters. The van der Waals surface area contributed by atoms with E-state index in [1.807, 2.05) is 0 Å². The molecule has 0 aliphatic heterocycles. The summed E-state index contributed by atoms with van der Waals surface area (Å²) in [5.41, 5.74) is 5.24. The number of nitrogen functional groups attached to an aromatic ring is 1. The predicted molar refractivity (Wildman–Crippen MR) is 33.9 cm³/mol. The second-order valence-electron chi connectivity index (χ2n) is 1.17. The Hall–Kier alpha value is -0.350. The lowest BCUT2D eigenvalue weighted by atomic mass is 10.9. The van der Waals surface area contributed by atoms with Crippen LogP contribution in [0.15, 0.2) is 0 Å². The van der Waals surface area contributed by atoms with Crippen molar-refractivity contribution >= 4 is 28.1 Å². The van der Waals surface area contributed by atoms with E-state index in [2.05, 4.69) is 10.2 Å². The van der Waals surface area contributed by atoms with Crippen molar-refractivity contribution in [2.24, 2.45) is 0 Å². The minimum absolute atomic E-state index is 0.398. The molecule has 0 radical (unpaired) electrons. The first-order valence-corrected chi connectivity index (χ1v) is 3.32. The minimum atomic E-state index is 0.398. The molecular formula is C3H4ClN3S. The lowest BCUT2D eigenvalue weighted by Gasteiger charge is -1.73. The van der Waals surface area contributed by atoms with Crippen molar-refractivity contribution in [3.05, 3.63) is 5.01 Å². The smallest absolute Gasteiger partial charge is 0.203 e. The summed E-state index contributed by atoms with van der Waals surface area (Å²) >= 11 is 6.70. The van der Waals surface area contributed by atoms with E-state index in [9.17, 15) is 0 Å². The van der Waals surface area contributed by atoms with Crippen molar-refractivity contribution in [3.63, 3.8) is 0 Å². The molecule has 0 saturated carbocycles. The van der Waals surface area contributed by atoms with E-state index in [1.54, 1.807) is 0 Å². The second-order valence-corrected chi connectivity index (χ2v) is 2.53. The average molecular weight is 150 g/mol. The molecule has 0 aliphatic carbocycles. The maximum atomic E-state index is 5.39.